The van der Waals surface area contributed by atoms with Crippen molar-refractivity contribution in [2.24, 2.45) is 5.92 Å². The van der Waals surface area contributed by atoms with Crippen molar-refractivity contribution in [1.29, 1.82) is 5.26 Å². The van der Waals surface area contributed by atoms with Crippen molar-refractivity contribution in [3.8, 4) is 29.1 Å². The highest BCUT2D eigenvalue weighted by molar-refractivity contribution is 7.41. The van der Waals surface area contributed by atoms with Crippen molar-refractivity contribution < 1.29 is 69.8 Å². The number of carbonyl (C=O) groups excluding carboxylic acids is 2. The molecule has 1 unspecified atom stereocenters. The number of imidazole rings is 2. The van der Waals surface area contributed by atoms with E-state index >= 15 is 8.78 Å². The highest BCUT2D eigenvalue weighted by Crippen LogP contribution is 2.52. The Morgan fingerprint density at radius 1 is 0.587 bits per heavy atom. The average molecular weight is 1430 g/mol. The van der Waals surface area contributed by atoms with Gasteiger partial charge in [-0.1, -0.05) is 141 Å². The van der Waals surface area contributed by atoms with E-state index in [9.17, 15) is 19.6 Å². The lowest BCUT2D eigenvalue weighted by molar-refractivity contribution is -0.118. The van der Waals surface area contributed by atoms with Gasteiger partial charge in [0, 0.05) is 11.5 Å². The molecular weight excluding hydrogens is 1360 g/mol. The van der Waals surface area contributed by atoms with Crippen LogP contribution in [0.5, 0.6) is 23.0 Å². The first-order chi connectivity index (χ1) is 50.7. The first kappa shape index (κ1) is 71.5. The molecule has 534 valence electrons. The van der Waals surface area contributed by atoms with E-state index in [2.05, 4.69) is 46.6 Å². The Kier molecular flexibility index (Phi) is 21.8. The van der Waals surface area contributed by atoms with E-state index in [4.69, 9.17) is 51.5 Å². The number of aromatic amines is 1. The Morgan fingerprint density at radius 2 is 1.06 bits per heavy atom. The zero-order valence-corrected chi connectivity index (χ0v) is 58.0. The maximum absolute atomic E-state index is 18.9. The normalized spacial score (nSPS) is 19.2. The number of aromatic nitrogens is 8. The summed E-state index contributed by atoms with van der Waals surface area (Å²) in [5.74, 6) is 0.532. The topological polar surface area (TPSA) is 291 Å². The Bertz CT molecular complexity index is 4760. The van der Waals surface area contributed by atoms with Crippen molar-refractivity contribution in [2.75, 3.05) is 58.9 Å². The molecule has 6 heterocycles. The number of rotatable bonds is 29. The van der Waals surface area contributed by atoms with E-state index in [0.29, 0.717) is 61.9 Å². The number of fused-ring (bicyclic) bond motifs is 2. The molecule has 2 fully saturated rings. The smallest absolute Gasteiger partial charge is 0.333 e. The summed E-state index contributed by atoms with van der Waals surface area (Å²) in [5, 5.41) is 15.4. The van der Waals surface area contributed by atoms with Crippen LogP contribution in [0.4, 0.5) is 20.5 Å². The predicted octanol–water partition coefficient (Wildman–Crippen LogP) is 12.3. The molecule has 104 heavy (non-hydrogen) atoms. The molecule has 28 heteroatoms. The third-order valence-electron chi connectivity index (χ3n) is 18.0. The van der Waals surface area contributed by atoms with Gasteiger partial charge in [-0.15, -0.1) is 0 Å². The van der Waals surface area contributed by atoms with Crippen LogP contribution < -0.4 is 35.1 Å². The van der Waals surface area contributed by atoms with Gasteiger partial charge in [-0.25, -0.2) is 28.7 Å². The zero-order chi connectivity index (χ0) is 72.5. The van der Waals surface area contributed by atoms with Crippen LogP contribution in [0.2, 0.25) is 0 Å². The van der Waals surface area contributed by atoms with E-state index < -0.39 is 106 Å². The van der Waals surface area contributed by atoms with E-state index in [0.717, 1.165) is 0 Å². The molecule has 2 aliphatic rings. The summed E-state index contributed by atoms with van der Waals surface area (Å²) >= 11 is 0. The number of amides is 2. The molecule has 0 radical (unpaired) electrons. The van der Waals surface area contributed by atoms with Crippen molar-refractivity contribution >= 4 is 54.5 Å². The molecule has 7 aromatic carbocycles. The molecule has 2 aliphatic heterocycles. The van der Waals surface area contributed by atoms with Crippen LogP contribution in [0.25, 0.3) is 22.3 Å². The van der Waals surface area contributed by atoms with Gasteiger partial charge in [-0.2, -0.15) is 10.2 Å². The summed E-state index contributed by atoms with van der Waals surface area (Å²) in [6, 6.07) is 58.0. The van der Waals surface area contributed by atoms with Crippen LogP contribution in [0.3, 0.4) is 0 Å². The lowest BCUT2D eigenvalue weighted by atomic mass is 9.79. The number of hydrogen-bond acceptors (Lipinski definition) is 20. The number of methoxy groups -OCH3 is 4. The summed E-state index contributed by atoms with van der Waals surface area (Å²) in [6.07, 6.45) is -10.3. The first-order valence-corrected chi connectivity index (χ1v) is 34.3. The number of H-pyrrole nitrogens is 1. The van der Waals surface area contributed by atoms with Crippen LogP contribution >= 0.6 is 8.60 Å². The van der Waals surface area contributed by atoms with Gasteiger partial charge in [0.2, 0.25) is 11.9 Å². The molecule has 9 atom stereocenters. The minimum absolute atomic E-state index is 0.0346. The van der Waals surface area contributed by atoms with Gasteiger partial charge in [0.25, 0.3) is 11.5 Å². The second kappa shape index (κ2) is 31.8. The van der Waals surface area contributed by atoms with Crippen LogP contribution in [-0.4, -0.2) is 136 Å². The van der Waals surface area contributed by atoms with Crippen molar-refractivity contribution in [1.82, 2.24) is 39.0 Å². The minimum atomic E-state index is -2.86. The van der Waals surface area contributed by atoms with Crippen LogP contribution in [0, 0.1) is 17.2 Å². The molecule has 0 aliphatic carbocycles. The van der Waals surface area contributed by atoms with Gasteiger partial charge in [0.05, 0.1) is 73.4 Å². The number of hydrogen-bond donors (Lipinski definition) is 3. The lowest BCUT2D eigenvalue weighted by Crippen LogP contribution is -2.44. The maximum Gasteiger partial charge on any atom is 0.333 e. The third-order valence-corrected chi connectivity index (χ3v) is 19.2. The number of nitrogens with zero attached hydrogens (tertiary/aromatic N) is 8. The standard InChI is InChI=1S/C76H72F2N11O14P/c1-46(2)69(90)86-74-85-68-63(71(92)87-74)83-45-89(68)72-60(77)64(102-76(49-21-14-9-15-22-49,52-27-35-56(95-5)36-28-52)53-29-37-57(96-6)38-30-53)59(101-72)42-99-104(98-40-16-39-79)103-65-58(100-73(61(65)78)88-44-82-62-66(80-43-81-67(62)88)84-70(91)47-17-10-7-11-18-47)41-97-75(48-19-12-8-13-20-48,50-23-31-54(93-3)32-24-50)51-25-33-55(94-4)34-26-51/h7-15,17-38,43-46,58-61,64-65,72-73H,16,40-42H2,1-6H3,(H,80,81,84,91)(H2,85,86,87,90,92)/t58-,59-,60-,61-,64-,65-,72-,73-,104?/m1/s1. The number of alkyl halides is 2. The number of halogens is 2. The molecule has 2 amide bonds. The SMILES string of the molecule is COc1ccc(C(OC[C@H]2O[C@@H](n3cnc4c(NC(=O)c5ccccc5)ncnc43)[C@H](F)[C@@H]2OP(OCCC#N)OC[C@H]2O[C@@H](n3cnc4c(=O)[nH]c(NC(=O)C(C)C)nc43)[C@H](F)[C@@H]2OC(c2ccccc2)(c2ccc(OC)cc2)c2ccc(OC)cc2)(c2ccccc2)c2ccc(OC)cc2)cc1. The van der Waals surface area contributed by atoms with E-state index in [1.807, 2.05) is 84.9 Å². The van der Waals surface area contributed by atoms with Gasteiger partial charge in [-0.05, 0) is 94.0 Å². The lowest BCUT2D eigenvalue weighted by Gasteiger charge is -2.39. The summed E-state index contributed by atoms with van der Waals surface area (Å²) in [7, 11) is 3.33. The van der Waals surface area contributed by atoms with Crippen molar-refractivity contribution in [2.45, 2.75) is 80.7 Å². The predicted molar refractivity (Wildman–Crippen MR) is 378 cm³/mol. The fraction of sp³-hybridized carbons (Fsp3) is 0.276. The Morgan fingerprint density at radius 3 is 1.58 bits per heavy atom. The second-order valence-electron chi connectivity index (χ2n) is 24.5. The summed E-state index contributed by atoms with van der Waals surface area (Å²) in [5.41, 5.74) is -0.152. The number of anilines is 2. The number of nitrogens with one attached hydrogen (secondary N) is 3. The fourth-order valence-electron chi connectivity index (χ4n) is 12.7. The molecule has 3 N–H and O–H groups in total. The highest BCUT2D eigenvalue weighted by atomic mass is 31.2. The molecule has 11 aromatic rings. The minimum Gasteiger partial charge on any atom is -0.497 e. The van der Waals surface area contributed by atoms with Crippen LogP contribution in [-0.2, 0) is 48.5 Å². The first-order valence-electron chi connectivity index (χ1n) is 33.2. The number of nitriles is 1. The zero-order valence-electron chi connectivity index (χ0n) is 57.2. The molecule has 0 spiro atoms. The second-order valence-corrected chi connectivity index (χ2v) is 25.7. The number of carbonyl (C=O) groups is 2. The van der Waals surface area contributed by atoms with Gasteiger partial charge >= 0.3 is 8.60 Å². The molecule has 4 aromatic heterocycles. The van der Waals surface area contributed by atoms with Crippen molar-refractivity contribution in [3.63, 3.8) is 0 Å². The van der Waals surface area contributed by atoms with Gasteiger partial charge in [-0.3, -0.25) is 33.8 Å². The van der Waals surface area contributed by atoms with E-state index in [-0.39, 0.29) is 47.1 Å². The maximum atomic E-state index is 18.9. The van der Waals surface area contributed by atoms with E-state index in [1.165, 1.54) is 42.3 Å². The molecular formula is C76H72F2N11O14P. The Labute approximate surface area is 596 Å². The Hall–Kier alpha value is -10.9. The van der Waals surface area contributed by atoms with Crippen LogP contribution in [0.15, 0.2) is 212 Å². The molecule has 25 nitrogen and oxygen atoms in total. The summed E-state index contributed by atoms with van der Waals surface area (Å²) < 4.78 is 111. The average Bonchev–Trinajstić information content (AvgIpc) is 1.28. The number of ether oxygens (including phenoxy) is 8. The van der Waals surface area contributed by atoms with Crippen molar-refractivity contribution in [3.05, 3.63) is 256 Å². The Balaban J connectivity index is 0.911. The van der Waals surface area contributed by atoms with Gasteiger partial charge < -0.3 is 56.8 Å². The third kappa shape index (κ3) is 14.5. The number of benzene rings is 7. The monoisotopic (exact) mass is 1430 g/mol. The fourth-order valence-corrected chi connectivity index (χ4v) is 13.9. The molecule has 0 bridgehead atoms. The molecule has 0 saturated carbocycles. The molecule has 2 saturated heterocycles. The quantitative estimate of drug-likeness (QED) is 0.0223. The van der Waals surface area contributed by atoms with Gasteiger partial charge in [0.1, 0.15) is 64.9 Å². The van der Waals surface area contributed by atoms with E-state index in [1.54, 1.807) is 131 Å². The largest absolute Gasteiger partial charge is 0.497 e. The van der Waals surface area contributed by atoms with Crippen LogP contribution in [0.1, 0.15) is 76.5 Å². The summed E-state index contributed by atoms with van der Waals surface area (Å²) in [6.45, 7) is 1.99. The summed E-state index contributed by atoms with van der Waals surface area (Å²) in [4.78, 5) is 65.2. The van der Waals surface area contributed by atoms with Gasteiger partial charge in [0.15, 0.2) is 52.9 Å². The highest BCUT2D eigenvalue weighted by Gasteiger charge is 2.55. The molecule has 13 rings (SSSR count).